The lowest BCUT2D eigenvalue weighted by molar-refractivity contribution is 0.0939. The molecule has 0 aliphatic rings. The highest BCUT2D eigenvalue weighted by molar-refractivity contribution is 5.94. The van der Waals surface area contributed by atoms with Crippen molar-refractivity contribution in [3.63, 3.8) is 0 Å². The first-order valence-corrected chi connectivity index (χ1v) is 7.15. The maximum Gasteiger partial charge on any atom is 0.251 e. The maximum atomic E-state index is 12.4. The number of amides is 1. The molecule has 0 aliphatic heterocycles. The van der Waals surface area contributed by atoms with Crippen LogP contribution in [0, 0.1) is 6.92 Å². The van der Waals surface area contributed by atoms with Crippen LogP contribution in [-0.2, 0) is 6.54 Å². The minimum atomic E-state index is -0.170. The second-order valence-corrected chi connectivity index (χ2v) is 5.18. The first-order chi connectivity index (χ1) is 10.5. The fraction of sp³-hybridized carbons (Fsp3) is 0.294. The number of nitrogens with one attached hydrogen (secondary N) is 1. The molecular weight excluding hydrogens is 314 g/mol. The van der Waals surface area contributed by atoms with Crippen LogP contribution in [0.1, 0.15) is 40.1 Å². The molecule has 1 amide bonds. The van der Waals surface area contributed by atoms with E-state index in [0.29, 0.717) is 17.8 Å². The van der Waals surface area contributed by atoms with Crippen molar-refractivity contribution in [1.29, 1.82) is 0 Å². The van der Waals surface area contributed by atoms with E-state index in [-0.39, 0.29) is 24.4 Å². The van der Waals surface area contributed by atoms with Gasteiger partial charge in [0.1, 0.15) is 5.75 Å². The number of halogens is 1. The van der Waals surface area contributed by atoms with Gasteiger partial charge in [0.15, 0.2) is 0 Å². The number of carbonyl (C=O) groups excluding carboxylic acids is 1. The zero-order valence-corrected chi connectivity index (χ0v) is 14.3. The Morgan fingerprint density at radius 2 is 2.09 bits per heavy atom. The van der Waals surface area contributed by atoms with Crippen molar-refractivity contribution in [2.24, 2.45) is 5.73 Å². The molecule has 6 heteroatoms. The van der Waals surface area contributed by atoms with E-state index in [1.54, 1.807) is 25.4 Å². The second kappa shape index (κ2) is 8.50. The first kappa shape index (κ1) is 18.9. The maximum absolute atomic E-state index is 12.4. The third kappa shape index (κ3) is 4.68. The standard InChI is InChI=1S/C17H21N3O2.ClH/c1-11-4-5-16(22-3)15(8-11)12(2)20-17(21)13-6-7-19-14(9-13)10-18;/h4-9,12H,10,18H2,1-3H3,(H,20,21);1H. The molecule has 0 aliphatic carbocycles. The van der Waals surface area contributed by atoms with E-state index in [1.165, 1.54) is 0 Å². The third-order valence-corrected chi connectivity index (χ3v) is 3.49. The van der Waals surface area contributed by atoms with E-state index < -0.39 is 0 Å². The van der Waals surface area contributed by atoms with Crippen LogP contribution >= 0.6 is 12.4 Å². The molecule has 2 aromatic rings. The lowest BCUT2D eigenvalue weighted by Crippen LogP contribution is -2.27. The van der Waals surface area contributed by atoms with Gasteiger partial charge in [-0.25, -0.2) is 0 Å². The van der Waals surface area contributed by atoms with E-state index in [0.717, 1.165) is 16.9 Å². The zero-order chi connectivity index (χ0) is 16.1. The van der Waals surface area contributed by atoms with Crippen LogP contribution in [0.5, 0.6) is 5.75 Å². The molecule has 1 aromatic carbocycles. The number of aryl methyl sites for hydroxylation is 1. The van der Waals surface area contributed by atoms with Gasteiger partial charge >= 0.3 is 0 Å². The number of ether oxygens (including phenoxy) is 1. The molecule has 1 aromatic heterocycles. The van der Waals surface area contributed by atoms with Crippen LogP contribution in [0.3, 0.4) is 0 Å². The number of nitrogens with zero attached hydrogens (tertiary/aromatic N) is 1. The molecule has 1 unspecified atom stereocenters. The minimum absolute atomic E-state index is 0. The Balaban J connectivity index is 0.00000264. The molecule has 0 bridgehead atoms. The van der Waals surface area contributed by atoms with Crippen molar-refractivity contribution in [3.05, 3.63) is 58.9 Å². The van der Waals surface area contributed by atoms with Gasteiger partial charge in [0.25, 0.3) is 5.91 Å². The highest BCUT2D eigenvalue weighted by atomic mass is 35.5. The Labute approximate surface area is 142 Å². The fourth-order valence-corrected chi connectivity index (χ4v) is 2.28. The van der Waals surface area contributed by atoms with Crippen molar-refractivity contribution >= 4 is 18.3 Å². The molecule has 5 nitrogen and oxygen atoms in total. The Hall–Kier alpha value is -2.11. The topological polar surface area (TPSA) is 77.2 Å². The zero-order valence-electron chi connectivity index (χ0n) is 13.5. The molecule has 0 spiro atoms. The van der Waals surface area contributed by atoms with Gasteiger partial charge in [0.05, 0.1) is 18.8 Å². The molecular formula is C17H22ClN3O2. The van der Waals surface area contributed by atoms with Crippen molar-refractivity contribution in [3.8, 4) is 5.75 Å². The number of aromatic nitrogens is 1. The normalized spacial score (nSPS) is 11.3. The largest absolute Gasteiger partial charge is 0.496 e. The predicted octanol–water partition coefficient (Wildman–Crippen LogP) is 2.77. The van der Waals surface area contributed by atoms with Crippen molar-refractivity contribution in [2.75, 3.05) is 7.11 Å². The molecule has 0 fully saturated rings. The smallest absolute Gasteiger partial charge is 0.251 e. The summed E-state index contributed by atoms with van der Waals surface area (Å²) in [6, 6.07) is 9.11. The molecule has 1 heterocycles. The summed E-state index contributed by atoms with van der Waals surface area (Å²) in [6.45, 7) is 4.25. The molecule has 1 atom stereocenters. The summed E-state index contributed by atoms with van der Waals surface area (Å²) in [5.41, 5.74) is 8.86. The number of hydrogen-bond donors (Lipinski definition) is 2. The number of carbonyl (C=O) groups is 1. The van der Waals surface area contributed by atoms with E-state index in [2.05, 4.69) is 10.3 Å². The average Bonchev–Trinajstić information content (AvgIpc) is 2.54. The van der Waals surface area contributed by atoms with Gasteiger partial charge in [0, 0.05) is 23.9 Å². The summed E-state index contributed by atoms with van der Waals surface area (Å²) in [5, 5.41) is 2.98. The molecule has 2 rings (SSSR count). The number of pyridine rings is 1. The quantitative estimate of drug-likeness (QED) is 0.880. The first-order valence-electron chi connectivity index (χ1n) is 7.15. The van der Waals surface area contributed by atoms with E-state index in [9.17, 15) is 4.79 Å². The van der Waals surface area contributed by atoms with Gasteiger partial charge in [-0.15, -0.1) is 12.4 Å². The molecule has 0 radical (unpaired) electrons. The summed E-state index contributed by atoms with van der Waals surface area (Å²) in [5.74, 6) is 0.601. The molecule has 0 saturated carbocycles. The van der Waals surface area contributed by atoms with Crippen molar-refractivity contribution < 1.29 is 9.53 Å². The third-order valence-electron chi connectivity index (χ3n) is 3.49. The van der Waals surface area contributed by atoms with Gasteiger partial charge < -0.3 is 15.8 Å². The van der Waals surface area contributed by atoms with Gasteiger partial charge in [-0.1, -0.05) is 17.7 Å². The van der Waals surface area contributed by atoms with Gasteiger partial charge in [-0.3, -0.25) is 9.78 Å². The number of nitrogens with two attached hydrogens (primary N) is 1. The fourth-order valence-electron chi connectivity index (χ4n) is 2.28. The van der Waals surface area contributed by atoms with Crippen LogP contribution in [0.2, 0.25) is 0 Å². The van der Waals surface area contributed by atoms with E-state index in [1.807, 2.05) is 32.0 Å². The number of rotatable bonds is 5. The second-order valence-electron chi connectivity index (χ2n) is 5.18. The summed E-state index contributed by atoms with van der Waals surface area (Å²) in [4.78, 5) is 16.5. The average molecular weight is 336 g/mol. The molecule has 3 N–H and O–H groups in total. The Kier molecular flexibility index (Phi) is 7.00. The molecule has 23 heavy (non-hydrogen) atoms. The van der Waals surface area contributed by atoms with Crippen molar-refractivity contribution in [2.45, 2.75) is 26.4 Å². The van der Waals surface area contributed by atoms with Crippen LogP contribution < -0.4 is 15.8 Å². The Morgan fingerprint density at radius 3 is 2.74 bits per heavy atom. The van der Waals surface area contributed by atoms with Crippen LogP contribution in [0.4, 0.5) is 0 Å². The predicted molar refractivity (Wildman–Crippen MR) is 93.0 cm³/mol. The van der Waals surface area contributed by atoms with Crippen LogP contribution in [0.25, 0.3) is 0 Å². The number of benzene rings is 1. The molecule has 124 valence electrons. The number of hydrogen-bond acceptors (Lipinski definition) is 4. The lowest BCUT2D eigenvalue weighted by Gasteiger charge is -2.18. The summed E-state index contributed by atoms with van der Waals surface area (Å²) >= 11 is 0. The minimum Gasteiger partial charge on any atom is -0.496 e. The Bertz CT molecular complexity index is 677. The van der Waals surface area contributed by atoms with Crippen LogP contribution in [-0.4, -0.2) is 18.0 Å². The Morgan fingerprint density at radius 1 is 1.35 bits per heavy atom. The van der Waals surface area contributed by atoms with Gasteiger partial charge in [-0.05, 0) is 32.0 Å². The number of methoxy groups -OCH3 is 1. The van der Waals surface area contributed by atoms with Gasteiger partial charge in [-0.2, -0.15) is 0 Å². The SMILES string of the molecule is COc1ccc(C)cc1C(C)NC(=O)c1ccnc(CN)c1.Cl. The molecule has 0 saturated heterocycles. The van der Waals surface area contributed by atoms with Gasteiger partial charge in [0.2, 0.25) is 0 Å². The highest BCUT2D eigenvalue weighted by Crippen LogP contribution is 2.26. The summed E-state index contributed by atoms with van der Waals surface area (Å²) in [6.07, 6.45) is 1.59. The summed E-state index contributed by atoms with van der Waals surface area (Å²) in [7, 11) is 1.62. The van der Waals surface area contributed by atoms with E-state index >= 15 is 0 Å². The highest BCUT2D eigenvalue weighted by Gasteiger charge is 2.15. The van der Waals surface area contributed by atoms with Crippen molar-refractivity contribution in [1.82, 2.24) is 10.3 Å². The van der Waals surface area contributed by atoms with Crippen LogP contribution in [0.15, 0.2) is 36.5 Å². The summed E-state index contributed by atoms with van der Waals surface area (Å²) < 4.78 is 5.37. The monoisotopic (exact) mass is 335 g/mol. The lowest BCUT2D eigenvalue weighted by atomic mass is 10.0. The van der Waals surface area contributed by atoms with E-state index in [4.69, 9.17) is 10.5 Å².